The highest BCUT2D eigenvalue weighted by Crippen LogP contribution is 2.54. The second kappa shape index (κ2) is 16.3. The Morgan fingerprint density at radius 2 is 1.16 bits per heavy atom. The number of fused-ring (bicyclic) bond motifs is 1. The Labute approximate surface area is 336 Å². The first-order valence-corrected chi connectivity index (χ1v) is 22.0. The number of esters is 1. The second-order valence-electron chi connectivity index (χ2n) is 15.9. The minimum absolute atomic E-state index is 0.154. The van der Waals surface area contributed by atoms with Gasteiger partial charge in [0.05, 0.1) is 18.5 Å². The van der Waals surface area contributed by atoms with Crippen LogP contribution in [0.1, 0.15) is 58.2 Å². The van der Waals surface area contributed by atoms with Gasteiger partial charge in [-0.25, -0.2) is 0 Å². The molecule has 0 N–H and O–H groups in total. The van der Waals surface area contributed by atoms with Crippen molar-refractivity contribution in [3.63, 3.8) is 0 Å². The third-order valence-corrected chi connectivity index (χ3v) is 17.4. The van der Waals surface area contributed by atoms with Gasteiger partial charge < -0.3 is 28.1 Å². The lowest BCUT2D eigenvalue weighted by atomic mass is 9.84. The Kier molecular flexibility index (Phi) is 11.7. The summed E-state index contributed by atoms with van der Waals surface area (Å²) in [6.07, 6.45) is -2.71. The highest BCUT2D eigenvalue weighted by atomic mass is 32.2. The Hall–Kier alpha value is -4.22. The van der Waals surface area contributed by atoms with Crippen LogP contribution in [0.5, 0.6) is 5.75 Å². The minimum Gasteiger partial charge on any atom is -0.497 e. The number of benzene rings is 5. The number of carbonyl (C=O) groups is 1. The molecule has 0 saturated carbocycles. The van der Waals surface area contributed by atoms with Crippen LogP contribution in [0.2, 0.25) is 5.04 Å². The summed E-state index contributed by atoms with van der Waals surface area (Å²) in [6, 6.07) is 50.2. The standard InChI is InChI=1S/C47H52O7SSi/c1-33(48)51-41-40(32-50-56(45(2,3)4,38-24-16-10-17-25-38)39-26-18-11-19-27-39)52-44(43-42(41)53-46(5,6)54-43)55-47(34-20-12-8-13-21-34,35-22-14-9-15-23-35)36-28-30-37(49-7)31-29-36/h8-31,40-44H,32H2,1-7H3/t40-,41-,42+,43+,44-/m1/s1. The molecule has 2 heterocycles. The summed E-state index contributed by atoms with van der Waals surface area (Å²) in [5.41, 5.74) is 2.59. The van der Waals surface area contributed by atoms with E-state index in [1.165, 1.54) is 6.92 Å². The van der Waals surface area contributed by atoms with Gasteiger partial charge in [-0.2, -0.15) is 0 Å². The molecule has 5 aromatic carbocycles. The van der Waals surface area contributed by atoms with E-state index in [0.29, 0.717) is 0 Å². The van der Waals surface area contributed by atoms with Gasteiger partial charge in [0.25, 0.3) is 8.32 Å². The van der Waals surface area contributed by atoms with Gasteiger partial charge in [0.2, 0.25) is 0 Å². The zero-order valence-corrected chi connectivity index (χ0v) is 35.0. The minimum atomic E-state index is -3.01. The van der Waals surface area contributed by atoms with Crippen molar-refractivity contribution in [2.75, 3.05) is 13.7 Å². The lowest BCUT2D eigenvalue weighted by Gasteiger charge is -2.47. The quantitative estimate of drug-likeness (QED) is 0.0709. The van der Waals surface area contributed by atoms with E-state index in [1.54, 1.807) is 18.9 Å². The molecule has 0 aromatic heterocycles. The van der Waals surface area contributed by atoms with E-state index in [1.807, 2.05) is 50.2 Å². The molecule has 7 nitrogen and oxygen atoms in total. The number of hydrogen-bond donors (Lipinski definition) is 0. The molecule has 2 aliphatic heterocycles. The molecule has 2 saturated heterocycles. The van der Waals surface area contributed by atoms with Crippen LogP contribution in [0, 0.1) is 0 Å². The van der Waals surface area contributed by atoms with Gasteiger partial charge in [-0.05, 0) is 58.1 Å². The molecule has 56 heavy (non-hydrogen) atoms. The average molecular weight is 789 g/mol. The van der Waals surface area contributed by atoms with Crippen LogP contribution in [0.4, 0.5) is 0 Å². The first-order chi connectivity index (χ1) is 26.9. The third kappa shape index (κ3) is 7.73. The molecule has 0 bridgehead atoms. The van der Waals surface area contributed by atoms with Gasteiger partial charge >= 0.3 is 5.97 Å². The molecule has 0 unspecified atom stereocenters. The van der Waals surface area contributed by atoms with Gasteiger partial charge in [0, 0.05) is 6.92 Å². The zero-order chi connectivity index (χ0) is 39.6. The van der Waals surface area contributed by atoms with Crippen LogP contribution < -0.4 is 15.1 Å². The molecule has 0 spiro atoms. The van der Waals surface area contributed by atoms with Crippen LogP contribution in [-0.2, 0) is 32.9 Å². The van der Waals surface area contributed by atoms with Crippen LogP contribution in [-0.4, -0.2) is 63.6 Å². The van der Waals surface area contributed by atoms with E-state index in [2.05, 4.69) is 130 Å². The van der Waals surface area contributed by atoms with Gasteiger partial charge in [-0.3, -0.25) is 4.79 Å². The zero-order valence-electron chi connectivity index (χ0n) is 33.2. The summed E-state index contributed by atoms with van der Waals surface area (Å²) in [7, 11) is -1.34. The van der Waals surface area contributed by atoms with Crippen molar-refractivity contribution in [3.8, 4) is 5.75 Å². The predicted molar refractivity (Wildman–Crippen MR) is 225 cm³/mol. The largest absolute Gasteiger partial charge is 0.497 e. The van der Waals surface area contributed by atoms with Crippen LogP contribution in [0.25, 0.3) is 0 Å². The monoisotopic (exact) mass is 788 g/mol. The van der Waals surface area contributed by atoms with Crippen LogP contribution >= 0.6 is 11.8 Å². The van der Waals surface area contributed by atoms with E-state index in [4.69, 9.17) is 28.1 Å². The van der Waals surface area contributed by atoms with E-state index in [9.17, 15) is 4.79 Å². The molecule has 0 amide bonds. The van der Waals surface area contributed by atoms with Crippen molar-refractivity contribution in [1.82, 2.24) is 0 Å². The number of hydrogen-bond acceptors (Lipinski definition) is 8. The molecule has 292 valence electrons. The Morgan fingerprint density at radius 1 is 0.696 bits per heavy atom. The molecule has 5 atom stereocenters. The van der Waals surface area contributed by atoms with E-state index in [0.717, 1.165) is 32.8 Å². The SMILES string of the molecule is COc1ccc(C(S[C@H]2O[C@H](CO[Si](c3ccccc3)(c3ccccc3)C(C)(C)C)[C@@H](OC(C)=O)[C@@H]3OC(C)(C)O[C@@H]32)(c2ccccc2)c2ccccc2)cc1. The Bertz CT molecular complexity index is 1960. The first-order valence-electron chi connectivity index (χ1n) is 19.2. The van der Waals surface area contributed by atoms with E-state index >= 15 is 0 Å². The van der Waals surface area contributed by atoms with Crippen molar-refractivity contribution in [3.05, 3.63) is 162 Å². The molecular weight excluding hydrogens is 737 g/mol. The summed E-state index contributed by atoms with van der Waals surface area (Å²) in [5.74, 6) is -0.624. The molecular formula is C47H52O7SSi. The number of thioether (sulfide) groups is 1. The van der Waals surface area contributed by atoms with Crippen molar-refractivity contribution in [2.24, 2.45) is 0 Å². The molecule has 0 aliphatic carbocycles. The van der Waals surface area contributed by atoms with Gasteiger partial charge in [-0.1, -0.05) is 154 Å². The predicted octanol–water partition coefficient (Wildman–Crippen LogP) is 8.47. The summed E-state index contributed by atoms with van der Waals surface area (Å²) >= 11 is 1.67. The van der Waals surface area contributed by atoms with E-state index < -0.39 is 54.7 Å². The second-order valence-corrected chi connectivity index (χ2v) is 21.5. The maximum absolute atomic E-state index is 12.9. The van der Waals surface area contributed by atoms with Gasteiger partial charge in [0.1, 0.15) is 29.5 Å². The third-order valence-electron chi connectivity index (χ3n) is 10.8. The summed E-state index contributed by atoms with van der Waals surface area (Å²) in [5, 5.41) is 2.02. The summed E-state index contributed by atoms with van der Waals surface area (Å²) in [4.78, 5) is 12.9. The lowest BCUT2D eigenvalue weighted by Crippen LogP contribution is -2.68. The van der Waals surface area contributed by atoms with Crippen molar-refractivity contribution in [1.29, 1.82) is 0 Å². The van der Waals surface area contributed by atoms with Crippen LogP contribution in [0.15, 0.2) is 146 Å². The fourth-order valence-electron chi connectivity index (χ4n) is 8.40. The molecule has 2 fully saturated rings. The van der Waals surface area contributed by atoms with Gasteiger partial charge in [0.15, 0.2) is 11.9 Å². The Balaban J connectivity index is 1.37. The van der Waals surface area contributed by atoms with Crippen LogP contribution in [0.3, 0.4) is 0 Å². The highest BCUT2D eigenvalue weighted by Gasteiger charge is 2.60. The normalized spacial score (nSPS) is 22.2. The summed E-state index contributed by atoms with van der Waals surface area (Å²) in [6.45, 7) is 12.1. The number of ether oxygens (including phenoxy) is 5. The smallest absolute Gasteiger partial charge is 0.303 e. The molecule has 7 rings (SSSR count). The number of rotatable bonds is 12. The highest BCUT2D eigenvalue weighted by molar-refractivity contribution is 8.01. The molecule has 9 heteroatoms. The maximum atomic E-state index is 12.9. The maximum Gasteiger partial charge on any atom is 0.303 e. The topological polar surface area (TPSA) is 72.5 Å². The van der Waals surface area contributed by atoms with Gasteiger partial charge in [-0.15, -0.1) is 11.8 Å². The Morgan fingerprint density at radius 3 is 1.62 bits per heavy atom. The molecule has 0 radical (unpaired) electrons. The first kappa shape index (κ1) is 40.0. The molecule has 5 aromatic rings. The van der Waals surface area contributed by atoms with Crippen molar-refractivity contribution < 1.29 is 32.9 Å². The average Bonchev–Trinajstić information content (AvgIpc) is 3.54. The molecule has 2 aliphatic rings. The van der Waals surface area contributed by atoms with E-state index in [-0.39, 0.29) is 11.6 Å². The fraction of sp³-hybridized carbons (Fsp3) is 0.340. The van der Waals surface area contributed by atoms with Crippen molar-refractivity contribution in [2.45, 2.75) is 87.0 Å². The lowest BCUT2D eigenvalue weighted by molar-refractivity contribution is -0.198. The van der Waals surface area contributed by atoms with Crippen molar-refractivity contribution >= 4 is 36.4 Å². The fourth-order valence-corrected chi connectivity index (χ4v) is 14.7. The number of carbonyl (C=O) groups excluding carboxylic acids is 1. The number of methoxy groups -OCH3 is 1. The summed E-state index contributed by atoms with van der Waals surface area (Å²) < 4.78 is 39.2.